The van der Waals surface area contributed by atoms with Crippen LogP contribution in [0.15, 0.2) is 47.3 Å². The summed E-state index contributed by atoms with van der Waals surface area (Å²) in [5.41, 5.74) is 0.399. The summed E-state index contributed by atoms with van der Waals surface area (Å²) in [6.07, 6.45) is 1.74. The van der Waals surface area contributed by atoms with Crippen molar-refractivity contribution >= 4 is 50.0 Å². The Bertz CT molecular complexity index is 852. The Hall–Kier alpha value is -1.95. The number of para-hydroxylation sites is 1. The van der Waals surface area contributed by atoms with Gasteiger partial charge in [-0.15, -0.1) is 16.8 Å². The van der Waals surface area contributed by atoms with Crippen molar-refractivity contribution in [1.29, 1.82) is 0 Å². The molecule has 140 valence electrons. The second kappa shape index (κ2) is 9.12. The van der Waals surface area contributed by atoms with Crippen LogP contribution in [0, 0.1) is 0 Å². The summed E-state index contributed by atoms with van der Waals surface area (Å²) < 4.78 is 27.9. The molecule has 0 radical (unpaired) electrons. The highest BCUT2D eigenvalue weighted by molar-refractivity contribution is 8.01. The number of nitrogens with one attached hydrogen (secondary N) is 1. The summed E-state index contributed by atoms with van der Waals surface area (Å²) in [7, 11) is -1.00. The molecule has 1 amide bonds. The quantitative estimate of drug-likeness (QED) is 0.384. The predicted octanol–water partition coefficient (Wildman–Crippen LogP) is 2.07. The fraction of sp³-hybridized carbons (Fsp3) is 0.267. The van der Waals surface area contributed by atoms with Crippen LogP contribution in [0.25, 0.3) is 0 Å². The van der Waals surface area contributed by atoms with Crippen LogP contribution in [0.4, 0.5) is 10.8 Å². The molecule has 0 aliphatic rings. The van der Waals surface area contributed by atoms with Crippen molar-refractivity contribution in [3.05, 3.63) is 43.0 Å². The first kappa shape index (κ1) is 20.4. The predicted molar refractivity (Wildman–Crippen MR) is 106 cm³/mol. The number of nitrogens with zero attached hydrogens (tertiary/aromatic N) is 4. The monoisotopic (exact) mass is 413 g/mol. The van der Waals surface area contributed by atoms with Crippen LogP contribution < -0.4 is 9.62 Å². The minimum Gasteiger partial charge on any atom is -0.299 e. The number of aromatic nitrogens is 2. The number of anilines is 2. The molecule has 0 bridgehead atoms. The lowest BCUT2D eigenvalue weighted by Crippen LogP contribution is -2.44. The minimum absolute atomic E-state index is 0.317. The lowest BCUT2D eigenvalue weighted by Gasteiger charge is -2.26. The van der Waals surface area contributed by atoms with Gasteiger partial charge in [-0.3, -0.25) is 10.1 Å². The molecule has 1 N–H and O–H groups in total. The van der Waals surface area contributed by atoms with E-state index in [1.165, 1.54) is 37.2 Å². The number of carbonyl (C=O) groups is 1. The first-order chi connectivity index (χ1) is 12.3. The van der Waals surface area contributed by atoms with Gasteiger partial charge in [-0.25, -0.2) is 4.31 Å². The standard InChI is InChI=1S/C15H19N5O3S3/c1-4-10-24-15-18-17-14(25-15)16-13(21)11-20(26(22,23)19(2)3)12-8-6-5-7-9-12/h4-9H,1,10-11H2,2-3H3,(H,16,17,21). The molecule has 1 aromatic heterocycles. The lowest BCUT2D eigenvalue weighted by atomic mass is 10.3. The van der Waals surface area contributed by atoms with Gasteiger partial charge in [0, 0.05) is 19.8 Å². The summed E-state index contributed by atoms with van der Waals surface area (Å²) >= 11 is 2.67. The first-order valence-electron chi connectivity index (χ1n) is 7.47. The Kier molecular flexibility index (Phi) is 7.14. The molecule has 0 saturated carbocycles. The van der Waals surface area contributed by atoms with Crippen LogP contribution in [0.2, 0.25) is 0 Å². The highest BCUT2D eigenvalue weighted by Crippen LogP contribution is 2.25. The minimum atomic E-state index is -3.83. The lowest BCUT2D eigenvalue weighted by molar-refractivity contribution is -0.114. The largest absolute Gasteiger partial charge is 0.304 e. The smallest absolute Gasteiger partial charge is 0.299 e. The van der Waals surface area contributed by atoms with Crippen LogP contribution in [0.5, 0.6) is 0 Å². The zero-order chi connectivity index (χ0) is 19.2. The maximum Gasteiger partial charge on any atom is 0.304 e. The third kappa shape index (κ3) is 5.27. The Morgan fingerprint density at radius 3 is 2.62 bits per heavy atom. The summed E-state index contributed by atoms with van der Waals surface area (Å²) in [5, 5.41) is 10.7. The van der Waals surface area contributed by atoms with Crippen molar-refractivity contribution in [2.45, 2.75) is 4.34 Å². The van der Waals surface area contributed by atoms with Crippen LogP contribution in [0.1, 0.15) is 0 Å². The molecular weight excluding hydrogens is 394 g/mol. The van der Waals surface area contributed by atoms with E-state index in [0.717, 1.165) is 8.61 Å². The molecule has 0 atom stereocenters. The molecule has 26 heavy (non-hydrogen) atoms. The van der Waals surface area contributed by atoms with E-state index in [1.807, 2.05) is 0 Å². The zero-order valence-electron chi connectivity index (χ0n) is 14.3. The van der Waals surface area contributed by atoms with Gasteiger partial charge in [0.05, 0.1) is 5.69 Å². The van der Waals surface area contributed by atoms with Gasteiger partial charge in [-0.2, -0.15) is 12.7 Å². The fourth-order valence-electron chi connectivity index (χ4n) is 1.84. The van der Waals surface area contributed by atoms with Crippen molar-refractivity contribution in [1.82, 2.24) is 14.5 Å². The van der Waals surface area contributed by atoms with Crippen LogP contribution in [0.3, 0.4) is 0 Å². The average molecular weight is 414 g/mol. The Morgan fingerprint density at radius 1 is 1.31 bits per heavy atom. The van der Waals surface area contributed by atoms with Gasteiger partial charge in [0.1, 0.15) is 6.54 Å². The molecule has 0 saturated heterocycles. The molecule has 1 aromatic carbocycles. The molecule has 0 spiro atoms. The number of carbonyl (C=O) groups excluding carboxylic acids is 1. The second-order valence-corrected chi connectivity index (χ2v) is 9.46. The summed E-state index contributed by atoms with van der Waals surface area (Å²) in [6.45, 7) is 3.25. The molecule has 2 aromatic rings. The average Bonchev–Trinajstić information content (AvgIpc) is 3.05. The molecule has 0 unspecified atom stereocenters. The third-order valence-electron chi connectivity index (χ3n) is 3.05. The SMILES string of the molecule is C=CCSc1nnc(NC(=O)CN(c2ccccc2)S(=O)(=O)N(C)C)s1. The normalized spacial score (nSPS) is 11.3. The highest BCUT2D eigenvalue weighted by Gasteiger charge is 2.27. The van der Waals surface area contributed by atoms with E-state index in [9.17, 15) is 13.2 Å². The topological polar surface area (TPSA) is 95.5 Å². The number of thioether (sulfide) groups is 1. The summed E-state index contributed by atoms with van der Waals surface area (Å²) in [6, 6.07) is 8.44. The van der Waals surface area contributed by atoms with E-state index in [2.05, 4.69) is 22.1 Å². The van der Waals surface area contributed by atoms with E-state index in [1.54, 1.807) is 36.4 Å². The van der Waals surface area contributed by atoms with Crippen molar-refractivity contribution in [3.8, 4) is 0 Å². The van der Waals surface area contributed by atoms with Crippen molar-refractivity contribution in [3.63, 3.8) is 0 Å². The maximum atomic E-state index is 12.6. The molecular formula is C15H19N5O3S3. The van der Waals surface area contributed by atoms with Gasteiger partial charge >= 0.3 is 10.2 Å². The van der Waals surface area contributed by atoms with Crippen LogP contribution in [-0.4, -0.2) is 55.2 Å². The Labute approximate surface area is 161 Å². The van der Waals surface area contributed by atoms with Crippen molar-refractivity contribution in [2.75, 3.05) is 36.0 Å². The molecule has 11 heteroatoms. The summed E-state index contributed by atoms with van der Waals surface area (Å²) in [5.74, 6) is 0.182. The Morgan fingerprint density at radius 2 is 2.00 bits per heavy atom. The van der Waals surface area contributed by atoms with E-state index >= 15 is 0 Å². The molecule has 0 aliphatic heterocycles. The van der Waals surface area contributed by atoms with E-state index in [0.29, 0.717) is 20.9 Å². The number of rotatable bonds is 9. The molecule has 0 fully saturated rings. The molecule has 0 aliphatic carbocycles. The number of hydrogen-bond donors (Lipinski definition) is 1. The molecule has 1 heterocycles. The van der Waals surface area contributed by atoms with E-state index in [-0.39, 0.29) is 6.54 Å². The van der Waals surface area contributed by atoms with Crippen molar-refractivity contribution < 1.29 is 13.2 Å². The van der Waals surface area contributed by atoms with E-state index < -0.39 is 16.1 Å². The van der Waals surface area contributed by atoms with Crippen LogP contribution in [-0.2, 0) is 15.0 Å². The summed E-state index contributed by atoms with van der Waals surface area (Å²) in [4.78, 5) is 12.4. The van der Waals surface area contributed by atoms with Gasteiger partial charge in [-0.1, -0.05) is 47.4 Å². The number of amides is 1. The second-order valence-electron chi connectivity index (χ2n) is 5.15. The number of hydrogen-bond acceptors (Lipinski definition) is 7. The van der Waals surface area contributed by atoms with Gasteiger partial charge < -0.3 is 0 Å². The van der Waals surface area contributed by atoms with Gasteiger partial charge in [0.15, 0.2) is 4.34 Å². The fourth-order valence-corrected chi connectivity index (χ4v) is 4.43. The van der Waals surface area contributed by atoms with E-state index in [4.69, 9.17) is 0 Å². The Balaban J connectivity index is 2.14. The van der Waals surface area contributed by atoms with Gasteiger partial charge in [0.2, 0.25) is 11.0 Å². The maximum absolute atomic E-state index is 12.6. The number of benzene rings is 1. The highest BCUT2D eigenvalue weighted by atomic mass is 32.2. The first-order valence-corrected chi connectivity index (χ1v) is 10.7. The zero-order valence-corrected chi connectivity index (χ0v) is 16.8. The molecule has 8 nitrogen and oxygen atoms in total. The van der Waals surface area contributed by atoms with Crippen LogP contribution >= 0.6 is 23.1 Å². The van der Waals surface area contributed by atoms with Crippen molar-refractivity contribution in [2.24, 2.45) is 0 Å². The third-order valence-corrected chi connectivity index (χ3v) is 6.84. The molecule has 2 rings (SSSR count). The van der Waals surface area contributed by atoms with Gasteiger partial charge in [-0.05, 0) is 12.1 Å². The van der Waals surface area contributed by atoms with Gasteiger partial charge in [0.25, 0.3) is 0 Å².